The Morgan fingerprint density at radius 3 is 2.33 bits per heavy atom. The van der Waals surface area contributed by atoms with Gasteiger partial charge in [-0.2, -0.15) is 0 Å². The first-order chi connectivity index (χ1) is 9.90. The lowest BCUT2D eigenvalue weighted by Gasteiger charge is -1.91. The van der Waals surface area contributed by atoms with Gasteiger partial charge in [0.15, 0.2) is 0 Å². The minimum Gasteiger partial charge on any atom is -0.478 e. The molecule has 1 aromatic heterocycles. The molecule has 0 aliphatic carbocycles. The molecule has 0 aliphatic rings. The van der Waals surface area contributed by atoms with E-state index in [1.165, 1.54) is 12.3 Å². The molecule has 1 amide bonds. The van der Waals surface area contributed by atoms with Crippen LogP contribution in [0.4, 0.5) is 0 Å². The number of carboxylic acids is 1. The van der Waals surface area contributed by atoms with Gasteiger partial charge in [0.05, 0.1) is 6.20 Å². The highest BCUT2D eigenvalue weighted by molar-refractivity contribution is 6.30. The number of carbonyl (C=O) groups excluding carboxylic acids is 1. The minimum atomic E-state index is -1.01. The van der Waals surface area contributed by atoms with Crippen LogP contribution in [0.5, 0.6) is 0 Å². The molecule has 1 heterocycles. The molecule has 0 unspecified atom stereocenters. The number of amides is 1. The molecule has 0 saturated heterocycles. The van der Waals surface area contributed by atoms with Crippen LogP contribution in [0.3, 0.4) is 0 Å². The lowest BCUT2D eigenvalue weighted by molar-refractivity contribution is -0.113. The van der Waals surface area contributed by atoms with Crippen LogP contribution in [0.25, 0.3) is 6.08 Å². The molecule has 0 bridgehead atoms. The molecule has 0 radical (unpaired) electrons. The van der Waals surface area contributed by atoms with Crippen molar-refractivity contribution in [2.75, 3.05) is 0 Å². The normalized spacial score (nSPS) is 10.0. The van der Waals surface area contributed by atoms with E-state index in [-0.39, 0.29) is 5.56 Å². The smallest absolute Gasteiger partial charge is 0.340 e. The van der Waals surface area contributed by atoms with Crippen LogP contribution in [0.15, 0.2) is 41.1 Å². The van der Waals surface area contributed by atoms with E-state index < -0.39 is 11.9 Å². The van der Waals surface area contributed by atoms with Gasteiger partial charge in [0, 0.05) is 11.1 Å². The molecule has 0 fully saturated rings. The molecule has 0 aliphatic heterocycles. The summed E-state index contributed by atoms with van der Waals surface area (Å²) in [5, 5.41) is 12.3. The number of carbonyl (C=O) groups is 2. The van der Waals surface area contributed by atoms with E-state index in [1.807, 2.05) is 12.1 Å². The third-order valence-corrected chi connectivity index (χ3v) is 2.54. The van der Waals surface area contributed by atoms with Gasteiger partial charge in [-0.25, -0.2) is 4.79 Å². The number of rotatable bonds is 3. The second-order valence-electron chi connectivity index (χ2n) is 3.89. The Kier molecular flexibility index (Phi) is 6.16. The summed E-state index contributed by atoms with van der Waals surface area (Å²) in [5.74, 6) is -1.12. The van der Waals surface area contributed by atoms with Crippen LogP contribution >= 0.6 is 11.6 Å². The van der Waals surface area contributed by atoms with E-state index in [0.717, 1.165) is 5.56 Å². The highest BCUT2D eigenvalue weighted by Crippen LogP contribution is 2.10. The SMILES string of the molecule is Cc1oncc1C(=O)O.NC(=O)/C=C/c1ccc(Cl)cc1. The molecule has 2 aromatic rings. The van der Waals surface area contributed by atoms with E-state index >= 15 is 0 Å². The molecule has 0 atom stereocenters. The second kappa shape index (κ2) is 7.86. The summed E-state index contributed by atoms with van der Waals surface area (Å²) < 4.78 is 4.49. The predicted octanol–water partition coefficient (Wildman–Crippen LogP) is 2.52. The van der Waals surface area contributed by atoms with Crippen LogP contribution in [-0.4, -0.2) is 22.1 Å². The maximum Gasteiger partial charge on any atom is 0.340 e. The highest BCUT2D eigenvalue weighted by Gasteiger charge is 2.09. The van der Waals surface area contributed by atoms with Crippen LogP contribution in [0.2, 0.25) is 5.02 Å². The molecule has 0 spiro atoms. The summed E-state index contributed by atoms with van der Waals surface area (Å²) in [5.41, 5.74) is 5.94. The van der Waals surface area contributed by atoms with E-state index in [0.29, 0.717) is 10.8 Å². The number of carboxylic acid groups (broad SMARTS) is 1. The van der Waals surface area contributed by atoms with E-state index in [4.69, 9.17) is 22.4 Å². The molecule has 2 rings (SSSR count). The topological polar surface area (TPSA) is 106 Å². The van der Waals surface area contributed by atoms with Gasteiger partial charge in [-0.05, 0) is 30.7 Å². The largest absolute Gasteiger partial charge is 0.478 e. The zero-order valence-corrected chi connectivity index (χ0v) is 11.9. The minimum absolute atomic E-state index is 0.120. The molecule has 21 heavy (non-hydrogen) atoms. The van der Waals surface area contributed by atoms with Gasteiger partial charge in [0.1, 0.15) is 11.3 Å². The predicted molar refractivity (Wildman–Crippen MR) is 77.9 cm³/mol. The molecule has 110 valence electrons. The van der Waals surface area contributed by atoms with Gasteiger partial charge in [-0.15, -0.1) is 0 Å². The van der Waals surface area contributed by atoms with Crippen molar-refractivity contribution in [3.8, 4) is 0 Å². The molecule has 0 saturated carbocycles. The van der Waals surface area contributed by atoms with Gasteiger partial charge in [-0.3, -0.25) is 4.79 Å². The van der Waals surface area contributed by atoms with Gasteiger partial charge < -0.3 is 15.4 Å². The van der Waals surface area contributed by atoms with Crippen molar-refractivity contribution >= 4 is 29.6 Å². The number of hydrogen-bond acceptors (Lipinski definition) is 4. The maximum absolute atomic E-state index is 10.3. The standard InChI is InChI=1S/C9H8ClNO.C5H5NO3/c10-8-4-1-7(2-5-8)3-6-9(11)12;1-3-4(5(7)8)2-6-9-3/h1-6H,(H2,11,12);2H,1H3,(H,7,8)/b6-3+;. The average molecular weight is 309 g/mol. The Morgan fingerprint density at radius 2 is 1.95 bits per heavy atom. The fourth-order valence-corrected chi connectivity index (χ4v) is 1.38. The van der Waals surface area contributed by atoms with Crippen molar-refractivity contribution in [2.45, 2.75) is 6.92 Å². The fraction of sp³-hybridized carbons (Fsp3) is 0.0714. The Labute approximate surface area is 125 Å². The number of aryl methyl sites for hydroxylation is 1. The number of aromatic nitrogens is 1. The van der Waals surface area contributed by atoms with Gasteiger partial charge in [0.2, 0.25) is 5.91 Å². The van der Waals surface area contributed by atoms with E-state index in [9.17, 15) is 9.59 Å². The fourth-order valence-electron chi connectivity index (χ4n) is 1.26. The van der Waals surface area contributed by atoms with E-state index in [1.54, 1.807) is 25.1 Å². The summed E-state index contributed by atoms with van der Waals surface area (Å²) in [6, 6.07) is 7.12. The number of benzene rings is 1. The number of nitrogens with two attached hydrogens (primary N) is 1. The zero-order valence-electron chi connectivity index (χ0n) is 11.1. The Hall–Kier alpha value is -2.60. The first-order valence-electron chi connectivity index (χ1n) is 5.78. The molecule has 1 aromatic carbocycles. The van der Waals surface area contributed by atoms with Crippen LogP contribution in [0, 0.1) is 6.92 Å². The summed E-state index contributed by atoms with van der Waals surface area (Å²) >= 11 is 5.66. The molecule has 6 nitrogen and oxygen atoms in total. The van der Waals surface area contributed by atoms with Crippen LogP contribution in [-0.2, 0) is 4.79 Å². The van der Waals surface area contributed by atoms with Crippen molar-refractivity contribution in [1.82, 2.24) is 5.16 Å². The quantitative estimate of drug-likeness (QED) is 0.847. The third-order valence-electron chi connectivity index (χ3n) is 2.29. The zero-order chi connectivity index (χ0) is 15.8. The highest BCUT2D eigenvalue weighted by atomic mass is 35.5. The summed E-state index contributed by atoms with van der Waals surface area (Å²) in [4.78, 5) is 20.5. The number of hydrogen-bond donors (Lipinski definition) is 2. The summed E-state index contributed by atoms with van der Waals surface area (Å²) in [6.45, 7) is 1.55. The van der Waals surface area contributed by atoms with Crippen LogP contribution in [0.1, 0.15) is 21.7 Å². The van der Waals surface area contributed by atoms with Crippen molar-refractivity contribution in [1.29, 1.82) is 0 Å². The van der Waals surface area contributed by atoms with Crippen molar-refractivity contribution in [3.05, 3.63) is 58.4 Å². The van der Waals surface area contributed by atoms with Crippen molar-refractivity contribution in [3.63, 3.8) is 0 Å². The number of halogens is 1. The maximum atomic E-state index is 10.3. The number of aromatic carboxylic acids is 1. The first-order valence-corrected chi connectivity index (χ1v) is 6.15. The molecule has 3 N–H and O–H groups in total. The second-order valence-corrected chi connectivity index (χ2v) is 4.32. The molecule has 7 heteroatoms. The first kappa shape index (κ1) is 16.5. The Bertz CT molecular complexity index is 647. The number of primary amides is 1. The van der Waals surface area contributed by atoms with Gasteiger partial charge >= 0.3 is 5.97 Å². The lowest BCUT2D eigenvalue weighted by atomic mass is 10.2. The summed E-state index contributed by atoms with van der Waals surface area (Å²) in [6.07, 6.45) is 4.12. The van der Waals surface area contributed by atoms with E-state index in [2.05, 4.69) is 9.68 Å². The van der Waals surface area contributed by atoms with Crippen LogP contribution < -0.4 is 5.73 Å². The average Bonchev–Trinajstić information content (AvgIpc) is 2.85. The Morgan fingerprint density at radius 1 is 1.33 bits per heavy atom. The number of nitrogens with zero attached hydrogens (tertiary/aromatic N) is 1. The van der Waals surface area contributed by atoms with Gasteiger partial charge in [0.25, 0.3) is 0 Å². The Balaban J connectivity index is 0.000000219. The molecular formula is C14H13ClN2O4. The monoisotopic (exact) mass is 308 g/mol. The van der Waals surface area contributed by atoms with Crippen molar-refractivity contribution in [2.24, 2.45) is 5.73 Å². The molecular weight excluding hydrogens is 296 g/mol. The summed E-state index contributed by atoms with van der Waals surface area (Å²) in [7, 11) is 0. The lowest BCUT2D eigenvalue weighted by Crippen LogP contribution is -2.04. The van der Waals surface area contributed by atoms with Crippen molar-refractivity contribution < 1.29 is 19.2 Å². The van der Waals surface area contributed by atoms with Gasteiger partial charge in [-0.1, -0.05) is 28.9 Å². The third kappa shape index (κ3) is 5.92.